The van der Waals surface area contributed by atoms with E-state index in [-0.39, 0.29) is 0 Å². The van der Waals surface area contributed by atoms with Crippen molar-refractivity contribution in [2.75, 3.05) is 0 Å². The van der Waals surface area contributed by atoms with Crippen molar-refractivity contribution in [1.82, 2.24) is 0 Å². The van der Waals surface area contributed by atoms with Crippen molar-refractivity contribution in [2.45, 2.75) is 72.6 Å². The summed E-state index contributed by atoms with van der Waals surface area (Å²) in [4.78, 5) is 0. The second-order valence-corrected chi connectivity index (χ2v) is 9.04. The van der Waals surface area contributed by atoms with E-state index in [1.807, 2.05) is 0 Å². The van der Waals surface area contributed by atoms with Crippen LogP contribution in [0.5, 0.6) is 0 Å². The Morgan fingerprint density at radius 3 is 2.60 bits per heavy atom. The highest BCUT2D eigenvalue weighted by Gasteiger charge is 2.53. The zero-order chi connectivity index (χ0) is 14.6. The predicted molar refractivity (Wildman–Crippen MR) is 87.6 cm³/mol. The maximum Gasteiger partial charge on any atom is -0.0112 e. The van der Waals surface area contributed by atoms with Crippen LogP contribution in [0.1, 0.15) is 72.6 Å². The molecule has 3 rings (SSSR count). The van der Waals surface area contributed by atoms with Gasteiger partial charge in [0.1, 0.15) is 0 Å². The molecule has 4 atom stereocenters. The average Bonchev–Trinajstić information content (AvgIpc) is 2.37. The summed E-state index contributed by atoms with van der Waals surface area (Å²) in [7, 11) is 0. The number of allylic oxidation sites excluding steroid dienone is 3. The van der Waals surface area contributed by atoms with Gasteiger partial charge >= 0.3 is 0 Å². The van der Waals surface area contributed by atoms with E-state index in [9.17, 15) is 0 Å². The van der Waals surface area contributed by atoms with E-state index >= 15 is 0 Å². The Balaban J connectivity index is 1.94. The van der Waals surface area contributed by atoms with Gasteiger partial charge in [-0.2, -0.15) is 0 Å². The number of hydrogen-bond acceptors (Lipinski definition) is 0. The molecule has 2 saturated carbocycles. The zero-order valence-corrected chi connectivity index (χ0v) is 14.0. The van der Waals surface area contributed by atoms with Crippen LogP contribution >= 0.6 is 0 Å². The minimum absolute atomic E-state index is 0.357. The molecule has 0 saturated heterocycles. The first kappa shape index (κ1) is 14.4. The largest absolute Gasteiger partial charge is 0.103 e. The molecule has 0 aromatic carbocycles. The van der Waals surface area contributed by atoms with Crippen LogP contribution in [-0.4, -0.2) is 0 Å². The van der Waals surface area contributed by atoms with E-state index in [0.29, 0.717) is 16.2 Å². The summed E-state index contributed by atoms with van der Waals surface area (Å²) in [5.41, 5.74) is 3.23. The molecular formula is C20H32. The van der Waals surface area contributed by atoms with E-state index in [1.54, 1.807) is 5.57 Å². The smallest absolute Gasteiger partial charge is 0.0112 e. The zero-order valence-electron chi connectivity index (χ0n) is 14.0. The Kier molecular flexibility index (Phi) is 3.23. The average molecular weight is 272 g/mol. The topological polar surface area (TPSA) is 0 Å². The molecule has 0 aliphatic heterocycles. The fraction of sp³-hybridized carbons (Fsp3) is 0.800. The summed E-state index contributed by atoms with van der Waals surface area (Å²) in [5, 5.41) is 0. The molecule has 0 N–H and O–H groups in total. The van der Waals surface area contributed by atoms with Crippen molar-refractivity contribution in [3.63, 3.8) is 0 Å². The molecule has 0 nitrogen and oxygen atoms in total. The standard InChI is InChI=1S/C20H32/c1-6-19(4)13-10-16-15(14-19)8-9-17-18(2,3)11-7-12-20(16,17)5/h6,8,16-17H,1,7,9-14H2,2-5H3/t16-,17+,19-,20-/m1/s1. The highest BCUT2D eigenvalue weighted by Crippen LogP contribution is 2.63. The minimum Gasteiger partial charge on any atom is -0.103 e. The van der Waals surface area contributed by atoms with Gasteiger partial charge in [0.05, 0.1) is 0 Å². The molecule has 3 aliphatic rings. The molecular weight excluding hydrogens is 240 g/mol. The lowest BCUT2D eigenvalue weighted by atomic mass is 9.46. The number of hydrogen-bond donors (Lipinski definition) is 0. The van der Waals surface area contributed by atoms with Gasteiger partial charge in [0.15, 0.2) is 0 Å². The lowest BCUT2D eigenvalue weighted by Crippen LogP contribution is -2.50. The molecule has 3 aliphatic carbocycles. The van der Waals surface area contributed by atoms with Gasteiger partial charge in [-0.15, -0.1) is 6.58 Å². The SMILES string of the molecule is C=C[C@]1(C)CC[C@@H]2C(=CC[C@H]3C(C)(C)CCC[C@]23C)C1. The predicted octanol–water partition coefficient (Wildman–Crippen LogP) is 6.14. The van der Waals surface area contributed by atoms with E-state index < -0.39 is 0 Å². The third kappa shape index (κ3) is 2.02. The van der Waals surface area contributed by atoms with Crippen LogP contribution < -0.4 is 0 Å². The van der Waals surface area contributed by atoms with Gasteiger partial charge in [0.25, 0.3) is 0 Å². The van der Waals surface area contributed by atoms with E-state index in [4.69, 9.17) is 0 Å². The fourth-order valence-corrected chi connectivity index (χ4v) is 5.92. The first-order valence-corrected chi connectivity index (χ1v) is 8.63. The van der Waals surface area contributed by atoms with Crippen molar-refractivity contribution >= 4 is 0 Å². The fourth-order valence-electron chi connectivity index (χ4n) is 5.92. The summed E-state index contributed by atoms with van der Waals surface area (Å²) in [5.74, 6) is 1.75. The van der Waals surface area contributed by atoms with Gasteiger partial charge in [-0.3, -0.25) is 0 Å². The van der Waals surface area contributed by atoms with Crippen LogP contribution in [0.15, 0.2) is 24.3 Å². The number of fused-ring (bicyclic) bond motifs is 3. The second-order valence-electron chi connectivity index (χ2n) is 9.04. The molecule has 0 amide bonds. The van der Waals surface area contributed by atoms with Crippen LogP contribution in [0.3, 0.4) is 0 Å². The van der Waals surface area contributed by atoms with Crippen LogP contribution in [0.4, 0.5) is 0 Å². The lowest BCUT2D eigenvalue weighted by Gasteiger charge is -2.59. The Bertz CT molecular complexity index is 441. The van der Waals surface area contributed by atoms with Crippen LogP contribution in [0.2, 0.25) is 0 Å². The van der Waals surface area contributed by atoms with Crippen molar-refractivity contribution < 1.29 is 0 Å². The van der Waals surface area contributed by atoms with Crippen molar-refractivity contribution in [3.05, 3.63) is 24.3 Å². The Labute approximate surface area is 125 Å². The first-order chi connectivity index (χ1) is 9.31. The summed E-state index contributed by atoms with van der Waals surface area (Å²) in [6.07, 6.45) is 14.5. The van der Waals surface area contributed by atoms with E-state index in [2.05, 4.69) is 46.4 Å². The summed E-state index contributed by atoms with van der Waals surface area (Å²) >= 11 is 0. The molecule has 2 fully saturated rings. The van der Waals surface area contributed by atoms with Crippen molar-refractivity contribution in [3.8, 4) is 0 Å². The molecule has 0 radical (unpaired) electrons. The van der Waals surface area contributed by atoms with Gasteiger partial charge in [-0.1, -0.05) is 51.8 Å². The molecule has 0 heteroatoms. The Hall–Kier alpha value is -0.520. The highest BCUT2D eigenvalue weighted by atomic mass is 14.6. The van der Waals surface area contributed by atoms with Crippen molar-refractivity contribution in [2.24, 2.45) is 28.1 Å². The van der Waals surface area contributed by atoms with E-state index in [1.165, 1.54) is 44.9 Å². The third-order valence-electron chi connectivity index (χ3n) is 7.24. The van der Waals surface area contributed by atoms with Gasteiger partial charge in [0.2, 0.25) is 0 Å². The quantitative estimate of drug-likeness (QED) is 0.503. The normalized spacial score (nSPS) is 46.9. The third-order valence-corrected chi connectivity index (χ3v) is 7.24. The maximum absolute atomic E-state index is 4.09. The molecule has 0 bridgehead atoms. The first-order valence-electron chi connectivity index (χ1n) is 8.63. The minimum atomic E-state index is 0.357. The monoisotopic (exact) mass is 272 g/mol. The second kappa shape index (κ2) is 4.49. The molecule has 0 aromatic rings. The summed E-state index contributed by atoms with van der Waals surface area (Å²) in [6.45, 7) is 14.1. The summed E-state index contributed by atoms with van der Waals surface area (Å²) < 4.78 is 0. The van der Waals surface area contributed by atoms with Crippen LogP contribution in [0.25, 0.3) is 0 Å². The molecule has 0 unspecified atom stereocenters. The van der Waals surface area contributed by atoms with Crippen molar-refractivity contribution in [1.29, 1.82) is 0 Å². The molecule has 0 spiro atoms. The maximum atomic E-state index is 4.09. The summed E-state index contributed by atoms with van der Waals surface area (Å²) in [6, 6.07) is 0. The molecule has 0 heterocycles. The van der Waals surface area contributed by atoms with Crippen LogP contribution in [0, 0.1) is 28.1 Å². The molecule has 20 heavy (non-hydrogen) atoms. The van der Waals surface area contributed by atoms with Crippen LogP contribution in [-0.2, 0) is 0 Å². The van der Waals surface area contributed by atoms with Gasteiger partial charge < -0.3 is 0 Å². The van der Waals surface area contributed by atoms with E-state index in [0.717, 1.165) is 11.8 Å². The van der Waals surface area contributed by atoms with Gasteiger partial charge in [0, 0.05) is 0 Å². The van der Waals surface area contributed by atoms with Gasteiger partial charge in [-0.05, 0) is 66.6 Å². The lowest BCUT2D eigenvalue weighted by molar-refractivity contribution is -0.0489. The Morgan fingerprint density at radius 1 is 1.15 bits per heavy atom. The molecule has 0 aromatic heterocycles. The Morgan fingerprint density at radius 2 is 1.90 bits per heavy atom. The molecule has 112 valence electrons. The highest BCUT2D eigenvalue weighted by molar-refractivity contribution is 5.24. The van der Waals surface area contributed by atoms with Gasteiger partial charge in [-0.25, -0.2) is 0 Å². The number of rotatable bonds is 1.